The Labute approximate surface area is 163 Å². The van der Waals surface area contributed by atoms with Crippen molar-refractivity contribution < 1.29 is 14.3 Å². The number of nitrogens with zero attached hydrogens (tertiary/aromatic N) is 2. The van der Waals surface area contributed by atoms with E-state index < -0.39 is 0 Å². The average molecular weight is 395 g/mol. The van der Waals surface area contributed by atoms with E-state index in [1.54, 1.807) is 18.4 Å². The number of halogens is 1. The maximum absolute atomic E-state index is 12.4. The molecule has 0 spiro atoms. The number of rotatable bonds is 6. The average Bonchev–Trinajstić information content (AvgIpc) is 3.05. The van der Waals surface area contributed by atoms with Gasteiger partial charge < -0.3 is 14.4 Å². The number of carbonyl (C=O) groups excluding carboxylic acids is 1. The van der Waals surface area contributed by atoms with Crippen molar-refractivity contribution >= 4 is 28.8 Å². The first-order valence-corrected chi connectivity index (χ1v) is 9.76. The van der Waals surface area contributed by atoms with Gasteiger partial charge in [0.2, 0.25) is 0 Å². The van der Waals surface area contributed by atoms with Crippen molar-refractivity contribution in [2.24, 2.45) is 0 Å². The lowest BCUT2D eigenvalue weighted by Crippen LogP contribution is -2.49. The topological polar surface area (TPSA) is 42.0 Å². The van der Waals surface area contributed by atoms with Gasteiger partial charge in [0.05, 0.1) is 11.4 Å². The van der Waals surface area contributed by atoms with Crippen molar-refractivity contribution in [2.75, 3.05) is 39.9 Å². The Morgan fingerprint density at radius 1 is 1.15 bits per heavy atom. The molecule has 1 aromatic heterocycles. The molecular formula is C19H23ClN2O3S. The summed E-state index contributed by atoms with van der Waals surface area (Å²) in [5.74, 6) is 1.25. The van der Waals surface area contributed by atoms with Crippen LogP contribution in [0.4, 0.5) is 0 Å². The molecule has 1 aromatic carbocycles. The van der Waals surface area contributed by atoms with Gasteiger partial charge in [0.15, 0.2) is 18.1 Å². The Kier molecular flexibility index (Phi) is 6.40. The van der Waals surface area contributed by atoms with Crippen LogP contribution in [0.5, 0.6) is 11.5 Å². The maximum Gasteiger partial charge on any atom is 0.260 e. The fourth-order valence-electron chi connectivity index (χ4n) is 2.94. The number of aryl methyl sites for hydroxylation is 1. The highest BCUT2D eigenvalue weighted by atomic mass is 35.5. The number of hydrogen-bond donors (Lipinski definition) is 0. The molecule has 3 rings (SSSR count). The van der Waals surface area contributed by atoms with Gasteiger partial charge in [-0.15, -0.1) is 11.3 Å². The van der Waals surface area contributed by atoms with E-state index in [-0.39, 0.29) is 12.5 Å². The minimum Gasteiger partial charge on any atom is -0.493 e. The number of hydrogen-bond acceptors (Lipinski definition) is 5. The quantitative estimate of drug-likeness (QED) is 0.752. The lowest BCUT2D eigenvalue weighted by molar-refractivity contribution is -0.135. The standard InChI is InChI=1S/C19H23ClN2O3S/c1-14-3-5-16(17(11-14)24-2)25-13-19(23)22-9-7-21(8-10-22)12-15-4-6-18(20)26-15/h3-6,11H,7-10,12-13H2,1-2H3. The first-order valence-electron chi connectivity index (χ1n) is 8.57. The molecule has 0 saturated carbocycles. The molecule has 5 nitrogen and oxygen atoms in total. The molecule has 140 valence electrons. The zero-order valence-electron chi connectivity index (χ0n) is 15.0. The minimum absolute atomic E-state index is 0.00597. The second kappa shape index (κ2) is 8.75. The summed E-state index contributed by atoms with van der Waals surface area (Å²) in [7, 11) is 1.60. The summed E-state index contributed by atoms with van der Waals surface area (Å²) < 4.78 is 11.8. The normalized spacial score (nSPS) is 15.1. The third-order valence-electron chi connectivity index (χ3n) is 4.40. The van der Waals surface area contributed by atoms with Crippen LogP contribution in [0.15, 0.2) is 30.3 Å². The number of ether oxygens (including phenoxy) is 2. The van der Waals surface area contributed by atoms with Gasteiger partial charge in [-0.1, -0.05) is 17.7 Å². The van der Waals surface area contributed by atoms with Crippen LogP contribution in [0.2, 0.25) is 4.34 Å². The van der Waals surface area contributed by atoms with Crippen molar-refractivity contribution in [3.05, 3.63) is 45.1 Å². The summed E-state index contributed by atoms with van der Waals surface area (Å²) >= 11 is 7.59. The van der Waals surface area contributed by atoms with Gasteiger partial charge in [0.25, 0.3) is 5.91 Å². The van der Waals surface area contributed by atoms with Crippen molar-refractivity contribution in [2.45, 2.75) is 13.5 Å². The van der Waals surface area contributed by atoms with E-state index in [9.17, 15) is 4.79 Å². The Balaban J connectivity index is 1.46. The lowest BCUT2D eigenvalue weighted by atomic mass is 10.2. The first-order chi connectivity index (χ1) is 12.5. The smallest absolute Gasteiger partial charge is 0.260 e. The largest absolute Gasteiger partial charge is 0.493 e. The molecular weight excluding hydrogens is 372 g/mol. The van der Waals surface area contributed by atoms with E-state index in [1.807, 2.05) is 36.1 Å². The van der Waals surface area contributed by atoms with Crippen LogP contribution >= 0.6 is 22.9 Å². The van der Waals surface area contributed by atoms with Crippen LogP contribution in [0, 0.1) is 6.92 Å². The van der Waals surface area contributed by atoms with Gasteiger partial charge in [-0.2, -0.15) is 0 Å². The molecule has 0 unspecified atom stereocenters. The van der Waals surface area contributed by atoms with Gasteiger partial charge in [0, 0.05) is 37.6 Å². The summed E-state index contributed by atoms with van der Waals surface area (Å²) in [5.41, 5.74) is 1.09. The lowest BCUT2D eigenvalue weighted by Gasteiger charge is -2.34. The Morgan fingerprint density at radius 2 is 1.92 bits per heavy atom. The molecule has 7 heteroatoms. The van der Waals surface area contributed by atoms with Crippen LogP contribution < -0.4 is 9.47 Å². The van der Waals surface area contributed by atoms with Crippen molar-refractivity contribution in [1.82, 2.24) is 9.80 Å². The highest BCUT2D eigenvalue weighted by molar-refractivity contribution is 7.16. The Bertz CT molecular complexity index is 757. The molecule has 1 aliphatic rings. The van der Waals surface area contributed by atoms with E-state index in [1.165, 1.54) is 4.88 Å². The molecule has 1 fully saturated rings. The predicted molar refractivity (Wildman–Crippen MR) is 104 cm³/mol. The third kappa shape index (κ3) is 4.90. The summed E-state index contributed by atoms with van der Waals surface area (Å²) in [6, 6.07) is 9.67. The molecule has 0 radical (unpaired) electrons. The predicted octanol–water partition coefficient (Wildman–Crippen LogP) is 3.44. The first kappa shape index (κ1) is 19.0. The van der Waals surface area contributed by atoms with E-state index in [0.717, 1.165) is 29.5 Å². The van der Waals surface area contributed by atoms with Crippen LogP contribution in [0.1, 0.15) is 10.4 Å². The van der Waals surface area contributed by atoms with E-state index >= 15 is 0 Å². The molecule has 1 saturated heterocycles. The zero-order chi connectivity index (χ0) is 18.5. The second-order valence-electron chi connectivity index (χ2n) is 6.31. The summed E-state index contributed by atoms with van der Waals surface area (Å²) in [5, 5.41) is 0. The van der Waals surface area contributed by atoms with Crippen molar-refractivity contribution in [1.29, 1.82) is 0 Å². The number of methoxy groups -OCH3 is 1. The molecule has 1 amide bonds. The van der Waals surface area contributed by atoms with E-state index in [2.05, 4.69) is 11.0 Å². The number of carbonyl (C=O) groups is 1. The summed E-state index contributed by atoms with van der Waals surface area (Å²) in [6.45, 7) is 6.04. The number of piperazine rings is 1. The van der Waals surface area contributed by atoms with Crippen LogP contribution in [0.25, 0.3) is 0 Å². The van der Waals surface area contributed by atoms with Crippen LogP contribution in [-0.4, -0.2) is 55.6 Å². The highest BCUT2D eigenvalue weighted by Crippen LogP contribution is 2.28. The van der Waals surface area contributed by atoms with E-state index in [4.69, 9.17) is 21.1 Å². The summed E-state index contributed by atoms with van der Waals surface area (Å²) in [4.78, 5) is 17.9. The molecule has 26 heavy (non-hydrogen) atoms. The highest BCUT2D eigenvalue weighted by Gasteiger charge is 2.22. The molecule has 0 aliphatic carbocycles. The number of benzene rings is 1. The summed E-state index contributed by atoms with van der Waals surface area (Å²) in [6.07, 6.45) is 0. The second-order valence-corrected chi connectivity index (χ2v) is 8.11. The van der Waals surface area contributed by atoms with Gasteiger partial charge >= 0.3 is 0 Å². The van der Waals surface area contributed by atoms with Gasteiger partial charge in [-0.3, -0.25) is 9.69 Å². The fraction of sp³-hybridized carbons (Fsp3) is 0.421. The van der Waals surface area contributed by atoms with Gasteiger partial charge in [0.1, 0.15) is 0 Å². The molecule has 0 N–H and O–H groups in total. The van der Waals surface area contributed by atoms with Crippen molar-refractivity contribution in [3.8, 4) is 11.5 Å². The molecule has 2 heterocycles. The molecule has 1 aliphatic heterocycles. The van der Waals surface area contributed by atoms with Crippen molar-refractivity contribution in [3.63, 3.8) is 0 Å². The zero-order valence-corrected chi connectivity index (χ0v) is 16.6. The Hall–Kier alpha value is -1.76. The van der Waals surface area contributed by atoms with Crippen LogP contribution in [0.3, 0.4) is 0 Å². The molecule has 2 aromatic rings. The molecule has 0 bridgehead atoms. The third-order valence-corrected chi connectivity index (χ3v) is 5.62. The molecule has 0 atom stereocenters. The van der Waals surface area contributed by atoms with E-state index in [0.29, 0.717) is 24.6 Å². The SMILES string of the molecule is COc1cc(C)ccc1OCC(=O)N1CCN(Cc2ccc(Cl)s2)CC1. The monoisotopic (exact) mass is 394 g/mol. The maximum atomic E-state index is 12.4. The number of thiophene rings is 1. The number of amides is 1. The minimum atomic E-state index is 0.00597. The van der Waals surface area contributed by atoms with Gasteiger partial charge in [-0.05, 0) is 36.8 Å². The Morgan fingerprint density at radius 3 is 2.58 bits per heavy atom. The van der Waals surface area contributed by atoms with Crippen LogP contribution in [-0.2, 0) is 11.3 Å². The fourth-order valence-corrected chi connectivity index (χ4v) is 4.07. The van der Waals surface area contributed by atoms with Gasteiger partial charge in [-0.25, -0.2) is 0 Å².